The first-order valence-corrected chi connectivity index (χ1v) is 12.1. The molecule has 0 saturated carbocycles. The molecule has 178 valence electrons. The second kappa shape index (κ2) is 9.26. The van der Waals surface area contributed by atoms with Gasteiger partial charge in [0, 0.05) is 44.3 Å². The van der Waals surface area contributed by atoms with E-state index in [1.807, 2.05) is 22.9 Å². The van der Waals surface area contributed by atoms with Gasteiger partial charge in [0.1, 0.15) is 11.5 Å². The van der Waals surface area contributed by atoms with Crippen LogP contribution in [-0.2, 0) is 4.79 Å². The van der Waals surface area contributed by atoms with E-state index in [0.29, 0.717) is 27.2 Å². The van der Waals surface area contributed by atoms with E-state index < -0.39 is 0 Å². The Balaban J connectivity index is 1.58. The summed E-state index contributed by atoms with van der Waals surface area (Å²) in [5.41, 5.74) is 1.10. The number of hydrogen-bond donors (Lipinski definition) is 1. The van der Waals surface area contributed by atoms with Gasteiger partial charge < -0.3 is 20.0 Å². The van der Waals surface area contributed by atoms with Crippen LogP contribution in [0.25, 0.3) is 16.2 Å². The lowest BCUT2D eigenvalue weighted by Crippen LogP contribution is -2.50. The third-order valence-corrected chi connectivity index (χ3v) is 6.68. The molecule has 1 N–H and O–H groups in total. The number of halogens is 1. The molecular formula is C23H32FN7OS. The predicted molar refractivity (Wildman–Crippen MR) is 132 cm³/mol. The number of amides is 1. The van der Waals surface area contributed by atoms with E-state index in [1.165, 1.54) is 23.5 Å². The molecule has 4 rings (SSSR count). The number of piperazine rings is 1. The number of carbonyl (C=O) groups excluding carboxylic acids is 1. The first-order valence-electron chi connectivity index (χ1n) is 11.3. The van der Waals surface area contributed by atoms with E-state index in [4.69, 9.17) is 10.1 Å². The molecule has 10 heteroatoms. The summed E-state index contributed by atoms with van der Waals surface area (Å²) in [4.78, 5) is 24.4. The summed E-state index contributed by atoms with van der Waals surface area (Å²) in [6.07, 6.45) is 0. The molecule has 0 bridgehead atoms. The standard InChI is InChI=1S/C23H32FN7OS/c1-6-29-10-12-30(13-11-29)18(32)15-28(5)22-27-31-20(26-23(2,3)4)19(25-21(31)33-22)16-8-7-9-17(24)14-16/h7-9,14,26H,6,10-13,15H2,1-5H3. The molecule has 1 saturated heterocycles. The molecule has 1 amide bonds. The van der Waals surface area contributed by atoms with Gasteiger partial charge in [0.25, 0.3) is 0 Å². The summed E-state index contributed by atoms with van der Waals surface area (Å²) < 4.78 is 15.6. The Morgan fingerprint density at radius 2 is 1.97 bits per heavy atom. The van der Waals surface area contributed by atoms with Crippen molar-refractivity contribution >= 4 is 33.2 Å². The van der Waals surface area contributed by atoms with E-state index >= 15 is 0 Å². The van der Waals surface area contributed by atoms with Crippen molar-refractivity contribution in [3.63, 3.8) is 0 Å². The fraction of sp³-hybridized carbons (Fsp3) is 0.522. The number of likely N-dealkylation sites (N-methyl/N-ethyl adjacent to an activating group) is 2. The number of nitrogens with one attached hydrogen (secondary N) is 1. The van der Waals surface area contributed by atoms with Crippen molar-refractivity contribution in [1.29, 1.82) is 0 Å². The van der Waals surface area contributed by atoms with Crippen LogP contribution in [0.15, 0.2) is 24.3 Å². The summed E-state index contributed by atoms with van der Waals surface area (Å²) in [6, 6.07) is 6.42. The Morgan fingerprint density at radius 1 is 1.24 bits per heavy atom. The summed E-state index contributed by atoms with van der Waals surface area (Å²) >= 11 is 1.41. The van der Waals surface area contributed by atoms with Crippen LogP contribution in [0, 0.1) is 5.82 Å². The molecule has 1 aliphatic heterocycles. The van der Waals surface area contributed by atoms with E-state index in [2.05, 4.69) is 37.9 Å². The second-order valence-electron chi connectivity index (χ2n) is 9.44. The van der Waals surface area contributed by atoms with Gasteiger partial charge in [-0.3, -0.25) is 4.79 Å². The van der Waals surface area contributed by atoms with Crippen molar-refractivity contribution in [2.75, 3.05) is 56.5 Å². The highest BCUT2D eigenvalue weighted by Crippen LogP contribution is 2.34. The number of nitrogens with zero attached hydrogens (tertiary/aromatic N) is 6. The molecule has 1 aliphatic rings. The molecule has 33 heavy (non-hydrogen) atoms. The molecule has 0 aliphatic carbocycles. The van der Waals surface area contributed by atoms with Crippen LogP contribution in [0.4, 0.5) is 15.3 Å². The van der Waals surface area contributed by atoms with Gasteiger partial charge in [-0.05, 0) is 39.4 Å². The number of hydrogen-bond acceptors (Lipinski definition) is 7. The Labute approximate surface area is 198 Å². The number of carbonyl (C=O) groups is 1. The van der Waals surface area contributed by atoms with Gasteiger partial charge in [0.15, 0.2) is 5.82 Å². The molecule has 0 unspecified atom stereocenters. The maximum absolute atomic E-state index is 13.9. The van der Waals surface area contributed by atoms with Crippen LogP contribution in [0.2, 0.25) is 0 Å². The third kappa shape index (κ3) is 5.27. The van der Waals surface area contributed by atoms with Crippen LogP contribution >= 0.6 is 11.3 Å². The molecular weight excluding hydrogens is 441 g/mol. The zero-order valence-corrected chi connectivity index (χ0v) is 20.7. The minimum atomic E-state index is -0.308. The molecule has 0 spiro atoms. The van der Waals surface area contributed by atoms with Gasteiger partial charge in [-0.2, -0.15) is 4.52 Å². The zero-order valence-electron chi connectivity index (χ0n) is 19.9. The minimum absolute atomic E-state index is 0.106. The quantitative estimate of drug-likeness (QED) is 0.592. The first-order chi connectivity index (χ1) is 15.6. The number of imidazole rings is 1. The molecule has 0 radical (unpaired) electrons. The van der Waals surface area contributed by atoms with Gasteiger partial charge in [-0.15, -0.1) is 5.10 Å². The summed E-state index contributed by atoms with van der Waals surface area (Å²) in [6.45, 7) is 13.0. The SMILES string of the molecule is CCN1CCN(C(=O)CN(C)c2nn3c(NC(C)(C)C)c(-c4cccc(F)c4)nc3s2)CC1. The van der Waals surface area contributed by atoms with Crippen molar-refractivity contribution < 1.29 is 9.18 Å². The van der Waals surface area contributed by atoms with E-state index in [1.54, 1.807) is 10.6 Å². The second-order valence-corrected chi connectivity index (χ2v) is 10.4. The average Bonchev–Trinajstić information content (AvgIpc) is 3.32. The highest BCUT2D eigenvalue weighted by molar-refractivity contribution is 7.20. The minimum Gasteiger partial charge on any atom is -0.364 e. The number of benzene rings is 1. The normalized spacial score (nSPS) is 15.3. The zero-order chi connectivity index (χ0) is 23.8. The van der Waals surface area contributed by atoms with Crippen molar-refractivity contribution in [3.8, 4) is 11.3 Å². The lowest BCUT2D eigenvalue weighted by molar-refractivity contribution is -0.131. The molecule has 2 aromatic heterocycles. The van der Waals surface area contributed by atoms with E-state index in [9.17, 15) is 9.18 Å². The maximum Gasteiger partial charge on any atom is 0.242 e. The maximum atomic E-state index is 13.9. The number of rotatable bonds is 6. The van der Waals surface area contributed by atoms with Gasteiger partial charge >= 0.3 is 0 Å². The van der Waals surface area contributed by atoms with E-state index in [-0.39, 0.29) is 23.8 Å². The fourth-order valence-corrected chi connectivity index (χ4v) is 4.74. The van der Waals surface area contributed by atoms with Crippen LogP contribution < -0.4 is 10.2 Å². The number of fused-ring (bicyclic) bond motifs is 1. The summed E-state index contributed by atoms with van der Waals surface area (Å²) in [5.74, 6) is 0.507. The van der Waals surface area contributed by atoms with Crippen LogP contribution in [0.3, 0.4) is 0 Å². The number of anilines is 2. The molecule has 3 aromatic rings. The lowest BCUT2D eigenvalue weighted by Gasteiger charge is -2.34. The summed E-state index contributed by atoms with van der Waals surface area (Å²) in [5, 5.41) is 8.93. The lowest BCUT2D eigenvalue weighted by atomic mass is 10.1. The Kier molecular flexibility index (Phi) is 6.58. The number of aromatic nitrogens is 3. The highest BCUT2D eigenvalue weighted by atomic mass is 32.1. The summed E-state index contributed by atoms with van der Waals surface area (Å²) in [7, 11) is 1.88. The topological polar surface area (TPSA) is 69.0 Å². The first kappa shape index (κ1) is 23.4. The van der Waals surface area contributed by atoms with E-state index in [0.717, 1.165) is 32.7 Å². The van der Waals surface area contributed by atoms with Gasteiger partial charge in [0.2, 0.25) is 16.0 Å². The van der Waals surface area contributed by atoms with Gasteiger partial charge in [-0.25, -0.2) is 9.37 Å². The van der Waals surface area contributed by atoms with Crippen LogP contribution in [0.1, 0.15) is 27.7 Å². The Bertz CT molecular complexity index is 1130. The molecule has 1 aromatic carbocycles. The highest BCUT2D eigenvalue weighted by Gasteiger charge is 2.25. The van der Waals surface area contributed by atoms with Crippen LogP contribution in [0.5, 0.6) is 0 Å². The molecule has 8 nitrogen and oxygen atoms in total. The van der Waals surface area contributed by atoms with Gasteiger partial charge in [0.05, 0.1) is 6.54 Å². The van der Waals surface area contributed by atoms with Crippen molar-refractivity contribution in [2.24, 2.45) is 0 Å². The van der Waals surface area contributed by atoms with Crippen molar-refractivity contribution in [1.82, 2.24) is 24.4 Å². The monoisotopic (exact) mass is 473 g/mol. The molecule has 3 heterocycles. The Morgan fingerprint density at radius 3 is 2.61 bits per heavy atom. The Hall–Kier alpha value is -2.72. The predicted octanol–water partition coefficient (Wildman–Crippen LogP) is 3.41. The van der Waals surface area contributed by atoms with Crippen LogP contribution in [-0.4, -0.2) is 82.2 Å². The third-order valence-electron chi connectivity index (χ3n) is 5.66. The average molecular weight is 474 g/mol. The largest absolute Gasteiger partial charge is 0.364 e. The van der Waals surface area contributed by atoms with Crippen molar-refractivity contribution in [3.05, 3.63) is 30.1 Å². The van der Waals surface area contributed by atoms with Gasteiger partial charge in [-0.1, -0.05) is 30.4 Å². The molecule has 0 atom stereocenters. The molecule has 1 fully saturated rings. The van der Waals surface area contributed by atoms with Crippen molar-refractivity contribution in [2.45, 2.75) is 33.2 Å². The fourth-order valence-electron chi connectivity index (χ4n) is 3.88. The smallest absolute Gasteiger partial charge is 0.242 e.